The number of hydrogen-bond acceptors (Lipinski definition) is 4. The third-order valence-electron chi connectivity index (χ3n) is 2.41. The van der Waals surface area contributed by atoms with E-state index in [2.05, 4.69) is 0 Å². The molecular weight excluding hydrogens is 232 g/mol. The molecule has 0 amide bonds. The lowest BCUT2D eigenvalue weighted by molar-refractivity contribution is -0.247. The van der Waals surface area contributed by atoms with Crippen molar-refractivity contribution in [2.24, 2.45) is 0 Å². The second-order valence-corrected chi connectivity index (χ2v) is 4.12. The van der Waals surface area contributed by atoms with Crippen LogP contribution < -0.4 is 0 Å². The number of rotatable bonds is 7. The van der Waals surface area contributed by atoms with Crippen molar-refractivity contribution in [3.05, 3.63) is 34.9 Å². The minimum Gasteiger partial charge on any atom is -0.379 e. The summed E-state index contributed by atoms with van der Waals surface area (Å²) in [4.78, 5) is 21.3. The second-order valence-electron chi connectivity index (χ2n) is 4.12. The van der Waals surface area contributed by atoms with Gasteiger partial charge in [0.2, 0.25) is 0 Å². The van der Waals surface area contributed by atoms with Gasteiger partial charge in [-0.15, -0.1) is 0 Å². The van der Waals surface area contributed by atoms with Crippen molar-refractivity contribution in [2.75, 3.05) is 19.8 Å². The van der Waals surface area contributed by atoms with E-state index in [-0.39, 0.29) is 6.61 Å². The monoisotopic (exact) mass is 252 g/mol. The Morgan fingerprint density at radius 2 is 1.94 bits per heavy atom. The van der Waals surface area contributed by atoms with Crippen molar-refractivity contribution in [1.29, 1.82) is 0 Å². The van der Waals surface area contributed by atoms with E-state index in [1.54, 1.807) is 6.07 Å². The predicted molar refractivity (Wildman–Crippen MR) is 68.4 cm³/mol. The zero-order chi connectivity index (χ0) is 13.4. The van der Waals surface area contributed by atoms with E-state index < -0.39 is 5.97 Å². The molecule has 0 saturated heterocycles. The molecule has 0 bridgehead atoms. The highest BCUT2D eigenvalue weighted by Crippen LogP contribution is 2.12. The van der Waals surface area contributed by atoms with Gasteiger partial charge in [0, 0.05) is 6.61 Å². The van der Waals surface area contributed by atoms with Crippen LogP contribution in [-0.2, 0) is 14.5 Å². The van der Waals surface area contributed by atoms with Gasteiger partial charge >= 0.3 is 5.97 Å². The zero-order valence-corrected chi connectivity index (χ0v) is 11.2. The number of benzene rings is 1. The minimum absolute atomic E-state index is 0.247. The van der Waals surface area contributed by atoms with Gasteiger partial charge in [-0.3, -0.25) is 4.89 Å². The zero-order valence-electron chi connectivity index (χ0n) is 11.2. The maximum atomic E-state index is 11.7. The molecule has 1 aromatic carbocycles. The van der Waals surface area contributed by atoms with Gasteiger partial charge in [-0.2, -0.15) is 4.89 Å². The summed E-state index contributed by atoms with van der Waals surface area (Å²) in [6.07, 6.45) is 0.961. The quantitative estimate of drug-likeness (QED) is 0.425. The molecule has 0 heterocycles. The highest BCUT2D eigenvalue weighted by molar-refractivity contribution is 5.90. The molecule has 100 valence electrons. The summed E-state index contributed by atoms with van der Waals surface area (Å²) in [7, 11) is 0. The first kappa shape index (κ1) is 14.7. The largest absolute Gasteiger partial charge is 0.379 e. The van der Waals surface area contributed by atoms with Crippen molar-refractivity contribution in [1.82, 2.24) is 0 Å². The van der Waals surface area contributed by atoms with Gasteiger partial charge in [0.05, 0.1) is 12.2 Å². The molecule has 0 unspecified atom stereocenters. The number of carbonyl (C=O) groups excluding carboxylic acids is 1. The van der Waals surface area contributed by atoms with Crippen molar-refractivity contribution in [2.45, 2.75) is 27.2 Å². The first-order valence-electron chi connectivity index (χ1n) is 6.14. The standard InChI is InChI=1S/C14H20O4/c1-4-7-16-8-9-17-18-14(15)13-10-11(2)5-6-12(13)3/h5-6,10H,4,7-9H2,1-3H3. The SMILES string of the molecule is CCCOCCOOC(=O)c1cc(C)ccc1C. The summed E-state index contributed by atoms with van der Waals surface area (Å²) in [6.45, 7) is 7.18. The van der Waals surface area contributed by atoms with Gasteiger partial charge in [-0.25, -0.2) is 4.79 Å². The van der Waals surface area contributed by atoms with E-state index in [4.69, 9.17) is 14.5 Å². The lowest BCUT2D eigenvalue weighted by atomic mass is 10.1. The summed E-state index contributed by atoms with van der Waals surface area (Å²) in [5, 5.41) is 0. The van der Waals surface area contributed by atoms with Crippen molar-refractivity contribution < 1.29 is 19.3 Å². The lowest BCUT2D eigenvalue weighted by Gasteiger charge is -2.07. The van der Waals surface area contributed by atoms with Gasteiger partial charge in [0.25, 0.3) is 0 Å². The Morgan fingerprint density at radius 1 is 1.17 bits per heavy atom. The topological polar surface area (TPSA) is 44.8 Å². The van der Waals surface area contributed by atoms with Crippen LogP contribution in [0.3, 0.4) is 0 Å². The third-order valence-corrected chi connectivity index (χ3v) is 2.41. The first-order chi connectivity index (χ1) is 8.65. The summed E-state index contributed by atoms with van der Waals surface area (Å²) in [5.41, 5.74) is 2.42. The third kappa shape index (κ3) is 4.85. The smallest absolute Gasteiger partial charge is 0.373 e. The molecule has 4 nitrogen and oxygen atoms in total. The molecule has 0 aliphatic carbocycles. The Labute approximate surface area is 108 Å². The van der Waals surface area contributed by atoms with Gasteiger partial charge in [0.15, 0.2) is 0 Å². The Balaban J connectivity index is 2.34. The Bertz CT molecular complexity index is 387. The van der Waals surface area contributed by atoms with Crippen molar-refractivity contribution in [3.8, 4) is 0 Å². The van der Waals surface area contributed by atoms with Crippen LogP contribution in [0.25, 0.3) is 0 Å². The Morgan fingerprint density at radius 3 is 2.67 bits per heavy atom. The van der Waals surface area contributed by atoms with Crippen LogP contribution in [0.2, 0.25) is 0 Å². The molecule has 4 heteroatoms. The minimum atomic E-state index is -0.466. The average Bonchev–Trinajstić information content (AvgIpc) is 2.36. The maximum Gasteiger partial charge on any atom is 0.373 e. The second kappa shape index (κ2) is 7.84. The molecule has 0 N–H and O–H groups in total. The first-order valence-corrected chi connectivity index (χ1v) is 6.14. The van der Waals surface area contributed by atoms with E-state index in [9.17, 15) is 4.79 Å². The van der Waals surface area contributed by atoms with Crippen LogP contribution in [0, 0.1) is 13.8 Å². The molecule has 0 aromatic heterocycles. The molecule has 1 aromatic rings. The van der Waals surface area contributed by atoms with Gasteiger partial charge < -0.3 is 4.74 Å². The Hall–Kier alpha value is -1.39. The number of aryl methyl sites for hydroxylation is 2. The van der Waals surface area contributed by atoms with Gasteiger partial charge in [-0.1, -0.05) is 24.6 Å². The van der Waals surface area contributed by atoms with E-state index >= 15 is 0 Å². The molecular formula is C14H20O4. The van der Waals surface area contributed by atoms with Crippen LogP contribution in [0.1, 0.15) is 34.8 Å². The predicted octanol–water partition coefficient (Wildman–Crippen LogP) is 2.82. The van der Waals surface area contributed by atoms with Crippen LogP contribution >= 0.6 is 0 Å². The fourth-order valence-electron chi connectivity index (χ4n) is 1.44. The number of ether oxygens (including phenoxy) is 1. The molecule has 0 atom stereocenters. The molecule has 1 rings (SSSR count). The fraction of sp³-hybridized carbons (Fsp3) is 0.500. The normalized spacial score (nSPS) is 10.4. The molecule has 0 aliphatic rings. The highest BCUT2D eigenvalue weighted by atomic mass is 17.2. The summed E-state index contributed by atoms with van der Waals surface area (Å²) in [6, 6.07) is 5.62. The summed E-state index contributed by atoms with van der Waals surface area (Å²) >= 11 is 0. The highest BCUT2D eigenvalue weighted by Gasteiger charge is 2.11. The van der Waals surface area contributed by atoms with E-state index in [1.165, 1.54) is 0 Å². The van der Waals surface area contributed by atoms with Gasteiger partial charge in [-0.05, 0) is 31.9 Å². The molecule has 0 spiro atoms. The lowest BCUT2D eigenvalue weighted by Crippen LogP contribution is -2.11. The van der Waals surface area contributed by atoms with Crippen LogP contribution in [0.15, 0.2) is 18.2 Å². The van der Waals surface area contributed by atoms with Gasteiger partial charge in [0.1, 0.15) is 6.61 Å². The summed E-state index contributed by atoms with van der Waals surface area (Å²) < 4.78 is 5.20. The van der Waals surface area contributed by atoms with Crippen molar-refractivity contribution in [3.63, 3.8) is 0 Å². The van der Waals surface area contributed by atoms with Crippen molar-refractivity contribution >= 4 is 5.97 Å². The fourth-order valence-corrected chi connectivity index (χ4v) is 1.44. The molecule has 0 aliphatic heterocycles. The molecule has 0 fully saturated rings. The number of hydrogen-bond donors (Lipinski definition) is 0. The van der Waals surface area contributed by atoms with Crippen LogP contribution in [0.5, 0.6) is 0 Å². The maximum absolute atomic E-state index is 11.7. The van der Waals surface area contributed by atoms with E-state index in [0.29, 0.717) is 18.8 Å². The van der Waals surface area contributed by atoms with Crippen LogP contribution in [-0.4, -0.2) is 25.8 Å². The van der Waals surface area contributed by atoms with E-state index in [1.807, 2.05) is 32.9 Å². The van der Waals surface area contributed by atoms with E-state index in [0.717, 1.165) is 17.5 Å². The van der Waals surface area contributed by atoms with Crippen LogP contribution in [0.4, 0.5) is 0 Å². The number of carbonyl (C=O) groups is 1. The molecule has 18 heavy (non-hydrogen) atoms. The molecule has 0 saturated carbocycles. The summed E-state index contributed by atoms with van der Waals surface area (Å²) in [5.74, 6) is -0.466. The molecule has 0 radical (unpaired) electrons. The average molecular weight is 252 g/mol. The Kier molecular flexibility index (Phi) is 6.39.